The predicted molar refractivity (Wildman–Crippen MR) is 162 cm³/mol. The summed E-state index contributed by atoms with van der Waals surface area (Å²) < 4.78 is 30.5. The Kier molecular flexibility index (Phi) is 6.99. The molecular formula is C33H29ClN2O3S. The van der Waals surface area contributed by atoms with E-state index < -0.39 is 10.1 Å². The third-order valence-electron chi connectivity index (χ3n) is 7.60. The third kappa shape index (κ3) is 5.29. The number of anilines is 1. The van der Waals surface area contributed by atoms with Crippen LogP contribution in [0, 0.1) is 19.8 Å². The van der Waals surface area contributed by atoms with Gasteiger partial charge in [-0.05, 0) is 91.4 Å². The van der Waals surface area contributed by atoms with Crippen LogP contribution < -0.4 is 9.50 Å². The first-order chi connectivity index (χ1) is 19.3. The standard InChI is InChI=1S/C33H29ClN2O3S/c1-21-6-14-26(15-7-21)40(37,38)39-32-17-9-23(19-30(32)34)20-35-25-12-10-24(11-13-25)33-28-5-3-4-27(28)29-18-22(2)8-16-31(29)36-33/h3-4,6-20,27-28,33,36H,5H2,1-2H3/t27-,28-,33+/m1/s1. The Balaban J connectivity index is 1.15. The van der Waals surface area contributed by atoms with Crippen molar-refractivity contribution in [1.29, 1.82) is 0 Å². The van der Waals surface area contributed by atoms with Gasteiger partial charge in [-0.25, -0.2) is 0 Å². The molecule has 202 valence electrons. The highest BCUT2D eigenvalue weighted by molar-refractivity contribution is 7.87. The second kappa shape index (κ2) is 10.6. The maximum Gasteiger partial charge on any atom is 0.339 e. The van der Waals surface area contributed by atoms with Crippen molar-refractivity contribution < 1.29 is 12.6 Å². The average Bonchev–Trinajstić information content (AvgIpc) is 3.44. The van der Waals surface area contributed by atoms with Crippen LogP contribution in [0.3, 0.4) is 0 Å². The van der Waals surface area contributed by atoms with E-state index in [4.69, 9.17) is 15.8 Å². The fourth-order valence-electron chi connectivity index (χ4n) is 5.50. The predicted octanol–water partition coefficient (Wildman–Crippen LogP) is 8.30. The Bertz CT molecular complexity index is 1730. The maximum absolute atomic E-state index is 12.6. The first-order valence-electron chi connectivity index (χ1n) is 13.3. The SMILES string of the molecule is Cc1ccc(S(=O)(=O)Oc2ccc(C=Nc3ccc([C@@H]4Nc5ccc(C)cc5[C@@H]5C=CC[C@H]54)cc3)cc2Cl)cc1. The number of benzene rings is 4. The summed E-state index contributed by atoms with van der Waals surface area (Å²) in [6.07, 6.45) is 7.42. The average molecular weight is 569 g/mol. The second-order valence-electron chi connectivity index (χ2n) is 10.5. The number of aliphatic imine (C=N–C) groups is 1. The Hall–Kier alpha value is -3.87. The molecule has 0 spiro atoms. The molecule has 6 rings (SSSR count). The normalized spacial score (nSPS) is 19.7. The highest BCUT2D eigenvalue weighted by atomic mass is 35.5. The minimum atomic E-state index is -3.99. The first-order valence-corrected chi connectivity index (χ1v) is 15.0. The van der Waals surface area contributed by atoms with E-state index >= 15 is 0 Å². The summed E-state index contributed by atoms with van der Waals surface area (Å²) >= 11 is 6.36. The Morgan fingerprint density at radius 3 is 2.42 bits per heavy atom. The molecule has 2 aliphatic rings. The molecule has 0 saturated heterocycles. The van der Waals surface area contributed by atoms with Crippen molar-refractivity contribution in [2.24, 2.45) is 10.9 Å². The van der Waals surface area contributed by atoms with Crippen molar-refractivity contribution in [1.82, 2.24) is 0 Å². The third-order valence-corrected chi connectivity index (χ3v) is 9.14. The van der Waals surface area contributed by atoms with Crippen LogP contribution in [-0.2, 0) is 10.1 Å². The number of rotatable bonds is 6. The van der Waals surface area contributed by atoms with Gasteiger partial charge in [0.1, 0.15) is 4.90 Å². The van der Waals surface area contributed by atoms with E-state index in [1.54, 1.807) is 36.5 Å². The molecule has 0 unspecified atom stereocenters. The smallest absolute Gasteiger partial charge is 0.339 e. The van der Waals surface area contributed by atoms with Gasteiger partial charge in [0.2, 0.25) is 0 Å². The van der Waals surface area contributed by atoms with Gasteiger partial charge < -0.3 is 9.50 Å². The highest BCUT2D eigenvalue weighted by Gasteiger charge is 2.37. The van der Waals surface area contributed by atoms with Crippen molar-refractivity contribution in [3.05, 3.63) is 130 Å². The number of hydrogen-bond donors (Lipinski definition) is 1. The van der Waals surface area contributed by atoms with Gasteiger partial charge in [-0.1, -0.05) is 71.3 Å². The molecule has 5 nitrogen and oxygen atoms in total. The summed E-state index contributed by atoms with van der Waals surface area (Å²) in [5.41, 5.74) is 7.63. The largest absolute Gasteiger partial charge is 0.378 e. The molecule has 7 heteroatoms. The zero-order valence-electron chi connectivity index (χ0n) is 22.2. The lowest BCUT2D eigenvalue weighted by molar-refractivity contribution is 0.425. The van der Waals surface area contributed by atoms with Crippen molar-refractivity contribution in [2.75, 3.05) is 5.32 Å². The number of halogens is 1. The van der Waals surface area contributed by atoms with Crippen LogP contribution in [0.1, 0.15) is 46.2 Å². The quantitative estimate of drug-likeness (QED) is 0.144. The number of nitrogens with one attached hydrogen (secondary N) is 1. The summed E-state index contributed by atoms with van der Waals surface area (Å²) in [6.45, 7) is 4.03. The van der Waals surface area contributed by atoms with Gasteiger partial charge in [-0.15, -0.1) is 0 Å². The number of nitrogens with zero attached hydrogens (tertiary/aromatic N) is 1. The van der Waals surface area contributed by atoms with Crippen molar-refractivity contribution in [2.45, 2.75) is 37.1 Å². The molecule has 1 N–H and O–H groups in total. The van der Waals surface area contributed by atoms with E-state index in [-0.39, 0.29) is 21.7 Å². The molecule has 0 amide bonds. The van der Waals surface area contributed by atoms with E-state index in [0.29, 0.717) is 11.8 Å². The van der Waals surface area contributed by atoms with Crippen molar-refractivity contribution >= 4 is 39.3 Å². The molecule has 1 aliphatic heterocycles. The van der Waals surface area contributed by atoms with Crippen LogP contribution >= 0.6 is 11.6 Å². The van der Waals surface area contributed by atoms with Gasteiger partial charge in [-0.2, -0.15) is 8.42 Å². The van der Waals surface area contributed by atoms with Crippen molar-refractivity contribution in [3.63, 3.8) is 0 Å². The molecule has 0 aromatic heterocycles. The lowest BCUT2D eigenvalue weighted by Crippen LogP contribution is -2.29. The maximum atomic E-state index is 12.6. The minimum absolute atomic E-state index is 0.0696. The lowest BCUT2D eigenvalue weighted by Gasteiger charge is -2.37. The van der Waals surface area contributed by atoms with Gasteiger partial charge in [0, 0.05) is 17.8 Å². The van der Waals surface area contributed by atoms with E-state index in [1.165, 1.54) is 34.5 Å². The number of fused-ring (bicyclic) bond motifs is 3. The minimum Gasteiger partial charge on any atom is -0.378 e. The number of hydrogen-bond acceptors (Lipinski definition) is 5. The van der Waals surface area contributed by atoms with Gasteiger partial charge in [0.05, 0.1) is 16.8 Å². The van der Waals surface area contributed by atoms with Crippen LogP contribution in [0.25, 0.3) is 0 Å². The summed E-state index contributed by atoms with van der Waals surface area (Å²) in [5, 5.41) is 3.97. The molecule has 1 aliphatic carbocycles. The number of aryl methyl sites for hydroxylation is 2. The summed E-state index contributed by atoms with van der Waals surface area (Å²) in [7, 11) is -3.99. The first kappa shape index (κ1) is 26.4. The second-order valence-corrected chi connectivity index (χ2v) is 12.4. The van der Waals surface area contributed by atoms with Crippen molar-refractivity contribution in [3.8, 4) is 5.75 Å². The summed E-state index contributed by atoms with van der Waals surface area (Å²) in [4.78, 5) is 4.68. The van der Waals surface area contributed by atoms with Gasteiger partial charge in [0.15, 0.2) is 5.75 Å². The zero-order chi connectivity index (χ0) is 27.9. The molecular weight excluding hydrogens is 540 g/mol. The molecule has 40 heavy (non-hydrogen) atoms. The number of allylic oxidation sites excluding steroid dienone is 2. The van der Waals surface area contributed by atoms with E-state index in [9.17, 15) is 8.42 Å². The Labute approximate surface area is 240 Å². The zero-order valence-corrected chi connectivity index (χ0v) is 23.8. The fraction of sp³-hybridized carbons (Fsp3) is 0.182. The van der Waals surface area contributed by atoms with Crippen LogP contribution in [0.2, 0.25) is 5.02 Å². The monoisotopic (exact) mass is 568 g/mol. The molecule has 0 fully saturated rings. The fourth-order valence-corrected chi connectivity index (χ4v) is 6.72. The van der Waals surface area contributed by atoms with Crippen LogP contribution in [-0.4, -0.2) is 14.6 Å². The van der Waals surface area contributed by atoms with Gasteiger partial charge in [0.25, 0.3) is 0 Å². The summed E-state index contributed by atoms with van der Waals surface area (Å²) in [6, 6.07) is 26.6. The highest BCUT2D eigenvalue weighted by Crippen LogP contribution is 2.50. The van der Waals surface area contributed by atoms with E-state index in [0.717, 1.165) is 23.2 Å². The van der Waals surface area contributed by atoms with Gasteiger partial charge >= 0.3 is 10.1 Å². The molecule has 0 bridgehead atoms. The molecule has 3 atom stereocenters. The molecule has 4 aromatic rings. The van der Waals surface area contributed by atoms with E-state index in [1.807, 2.05) is 19.1 Å². The van der Waals surface area contributed by atoms with E-state index in [2.05, 4.69) is 59.7 Å². The molecule has 0 saturated carbocycles. The molecule has 4 aromatic carbocycles. The molecule has 0 radical (unpaired) electrons. The summed E-state index contributed by atoms with van der Waals surface area (Å²) in [5.74, 6) is 0.990. The van der Waals surface area contributed by atoms with Gasteiger partial charge in [-0.3, -0.25) is 4.99 Å². The molecule has 1 heterocycles. The van der Waals surface area contributed by atoms with Crippen LogP contribution in [0.4, 0.5) is 11.4 Å². The van der Waals surface area contributed by atoms with Crippen LogP contribution in [0.15, 0.2) is 107 Å². The Morgan fingerprint density at radius 1 is 0.925 bits per heavy atom. The Morgan fingerprint density at radius 2 is 1.68 bits per heavy atom. The lowest BCUT2D eigenvalue weighted by atomic mass is 9.76. The van der Waals surface area contributed by atoms with Crippen LogP contribution in [0.5, 0.6) is 5.75 Å². The topological polar surface area (TPSA) is 67.8 Å².